The summed E-state index contributed by atoms with van der Waals surface area (Å²) in [6, 6.07) is 7.36. The first-order valence-electron chi connectivity index (χ1n) is 8.18. The standard InChI is InChI=1S/C18H22N4O2/c1-19-11-15-6-10-22(12-15)18(23)17-16(3-2-7-21-17)24-13-14-4-8-20-9-5-14/h2-5,7-9,15,19H,6,10-13H2,1H3/t15-/m0/s1. The highest BCUT2D eigenvalue weighted by Gasteiger charge is 2.28. The normalized spacial score (nSPS) is 17.0. The van der Waals surface area contributed by atoms with Crippen molar-refractivity contribution in [2.24, 2.45) is 5.92 Å². The SMILES string of the molecule is CNC[C@@H]1CCN(C(=O)c2ncccc2OCc2ccncc2)C1. The number of rotatable bonds is 6. The highest BCUT2D eigenvalue weighted by atomic mass is 16.5. The molecular weight excluding hydrogens is 304 g/mol. The van der Waals surface area contributed by atoms with E-state index in [2.05, 4.69) is 15.3 Å². The van der Waals surface area contributed by atoms with E-state index >= 15 is 0 Å². The second kappa shape index (κ2) is 7.88. The van der Waals surface area contributed by atoms with Gasteiger partial charge in [-0.05, 0) is 55.8 Å². The molecule has 1 atom stereocenters. The van der Waals surface area contributed by atoms with Crippen molar-refractivity contribution in [1.29, 1.82) is 0 Å². The van der Waals surface area contributed by atoms with Crippen molar-refractivity contribution in [3.8, 4) is 5.75 Å². The van der Waals surface area contributed by atoms with Crippen LogP contribution in [0.15, 0.2) is 42.9 Å². The summed E-state index contributed by atoms with van der Waals surface area (Å²) in [5.74, 6) is 0.971. The Hall–Kier alpha value is -2.47. The third-order valence-electron chi connectivity index (χ3n) is 4.18. The predicted octanol–water partition coefficient (Wildman–Crippen LogP) is 1.74. The molecule has 1 N–H and O–H groups in total. The number of ether oxygens (including phenoxy) is 1. The van der Waals surface area contributed by atoms with Crippen LogP contribution in [0.5, 0.6) is 5.75 Å². The second-order valence-corrected chi connectivity index (χ2v) is 5.96. The summed E-state index contributed by atoms with van der Waals surface area (Å²) < 4.78 is 5.83. The number of carbonyl (C=O) groups excluding carboxylic acids is 1. The van der Waals surface area contributed by atoms with Crippen molar-refractivity contribution in [2.75, 3.05) is 26.7 Å². The van der Waals surface area contributed by atoms with Crippen LogP contribution in [0.25, 0.3) is 0 Å². The minimum absolute atomic E-state index is 0.0565. The fourth-order valence-corrected chi connectivity index (χ4v) is 2.93. The van der Waals surface area contributed by atoms with Gasteiger partial charge in [0.2, 0.25) is 0 Å². The van der Waals surface area contributed by atoms with Crippen molar-refractivity contribution < 1.29 is 9.53 Å². The van der Waals surface area contributed by atoms with E-state index < -0.39 is 0 Å². The molecule has 1 amide bonds. The van der Waals surface area contributed by atoms with Crippen LogP contribution in [-0.4, -0.2) is 47.5 Å². The van der Waals surface area contributed by atoms with Gasteiger partial charge in [0.1, 0.15) is 6.61 Å². The van der Waals surface area contributed by atoms with Gasteiger partial charge >= 0.3 is 0 Å². The van der Waals surface area contributed by atoms with Crippen molar-refractivity contribution in [3.05, 3.63) is 54.1 Å². The van der Waals surface area contributed by atoms with Crippen LogP contribution in [0.3, 0.4) is 0 Å². The number of pyridine rings is 2. The largest absolute Gasteiger partial charge is 0.486 e. The van der Waals surface area contributed by atoms with Crippen molar-refractivity contribution >= 4 is 5.91 Å². The zero-order valence-corrected chi connectivity index (χ0v) is 13.8. The van der Waals surface area contributed by atoms with E-state index in [9.17, 15) is 4.79 Å². The molecule has 126 valence electrons. The monoisotopic (exact) mass is 326 g/mol. The summed E-state index contributed by atoms with van der Waals surface area (Å²) in [7, 11) is 1.94. The highest BCUT2D eigenvalue weighted by molar-refractivity contribution is 5.95. The summed E-state index contributed by atoms with van der Waals surface area (Å²) in [4.78, 5) is 22.9. The molecular formula is C18H22N4O2. The average Bonchev–Trinajstić information content (AvgIpc) is 3.09. The molecule has 1 aliphatic heterocycles. The minimum atomic E-state index is -0.0565. The van der Waals surface area contributed by atoms with Crippen LogP contribution < -0.4 is 10.1 Å². The van der Waals surface area contributed by atoms with Crippen LogP contribution in [0, 0.1) is 5.92 Å². The summed E-state index contributed by atoms with van der Waals surface area (Å²) in [5.41, 5.74) is 1.39. The molecule has 6 heteroatoms. The van der Waals surface area contributed by atoms with Crippen molar-refractivity contribution in [1.82, 2.24) is 20.2 Å². The Labute approximate surface area is 141 Å². The first kappa shape index (κ1) is 16.4. The lowest BCUT2D eigenvalue weighted by Gasteiger charge is -2.18. The van der Waals surface area contributed by atoms with Crippen LogP contribution in [0.2, 0.25) is 0 Å². The van der Waals surface area contributed by atoms with Crippen LogP contribution in [0.1, 0.15) is 22.5 Å². The van der Waals surface area contributed by atoms with E-state index in [0.717, 1.165) is 31.6 Å². The number of nitrogens with one attached hydrogen (secondary N) is 1. The van der Waals surface area contributed by atoms with Gasteiger partial charge in [0, 0.05) is 31.7 Å². The Bertz CT molecular complexity index is 678. The van der Waals surface area contributed by atoms with Crippen LogP contribution in [0.4, 0.5) is 0 Å². The fraction of sp³-hybridized carbons (Fsp3) is 0.389. The first-order chi connectivity index (χ1) is 11.8. The molecule has 1 aliphatic rings. The molecule has 3 heterocycles. The summed E-state index contributed by atoms with van der Waals surface area (Å²) in [6.07, 6.45) is 6.10. The smallest absolute Gasteiger partial charge is 0.276 e. The summed E-state index contributed by atoms with van der Waals surface area (Å²) >= 11 is 0. The predicted molar refractivity (Wildman–Crippen MR) is 90.7 cm³/mol. The van der Waals surface area contributed by atoms with E-state index in [1.165, 1.54) is 0 Å². The van der Waals surface area contributed by atoms with E-state index in [-0.39, 0.29) is 5.91 Å². The maximum atomic E-state index is 12.8. The van der Waals surface area contributed by atoms with Crippen molar-refractivity contribution in [2.45, 2.75) is 13.0 Å². The maximum Gasteiger partial charge on any atom is 0.276 e. The Morgan fingerprint density at radius 1 is 1.33 bits per heavy atom. The Morgan fingerprint density at radius 2 is 2.17 bits per heavy atom. The van der Waals surface area contributed by atoms with Gasteiger partial charge in [0.15, 0.2) is 11.4 Å². The summed E-state index contributed by atoms with van der Waals surface area (Å²) in [5, 5.41) is 3.18. The number of hydrogen-bond donors (Lipinski definition) is 1. The molecule has 0 bridgehead atoms. The van der Waals surface area contributed by atoms with E-state index in [1.54, 1.807) is 30.7 Å². The molecule has 2 aromatic rings. The highest BCUT2D eigenvalue weighted by Crippen LogP contribution is 2.23. The number of nitrogens with zero attached hydrogens (tertiary/aromatic N) is 3. The molecule has 0 spiro atoms. The molecule has 2 aromatic heterocycles. The Balaban J connectivity index is 1.68. The molecule has 0 radical (unpaired) electrons. The van der Waals surface area contributed by atoms with E-state index in [1.807, 2.05) is 24.1 Å². The van der Waals surface area contributed by atoms with Gasteiger partial charge in [-0.25, -0.2) is 4.98 Å². The zero-order chi connectivity index (χ0) is 16.8. The molecule has 3 rings (SSSR count). The minimum Gasteiger partial charge on any atom is -0.486 e. The Morgan fingerprint density at radius 3 is 2.96 bits per heavy atom. The third-order valence-corrected chi connectivity index (χ3v) is 4.18. The molecule has 0 saturated carbocycles. The zero-order valence-electron chi connectivity index (χ0n) is 13.8. The van der Waals surface area contributed by atoms with E-state index in [4.69, 9.17) is 4.74 Å². The fourth-order valence-electron chi connectivity index (χ4n) is 2.93. The first-order valence-corrected chi connectivity index (χ1v) is 8.18. The second-order valence-electron chi connectivity index (χ2n) is 5.96. The molecule has 6 nitrogen and oxygen atoms in total. The van der Waals surface area contributed by atoms with Crippen molar-refractivity contribution in [3.63, 3.8) is 0 Å². The average molecular weight is 326 g/mol. The molecule has 0 aliphatic carbocycles. The molecule has 1 saturated heterocycles. The third kappa shape index (κ3) is 3.89. The topological polar surface area (TPSA) is 67.4 Å². The van der Waals surface area contributed by atoms with Gasteiger partial charge in [-0.1, -0.05) is 0 Å². The lowest BCUT2D eigenvalue weighted by Crippen LogP contribution is -2.31. The van der Waals surface area contributed by atoms with Gasteiger partial charge in [-0.15, -0.1) is 0 Å². The van der Waals surface area contributed by atoms with Gasteiger partial charge in [-0.2, -0.15) is 0 Å². The van der Waals surface area contributed by atoms with Crippen LogP contribution in [-0.2, 0) is 6.61 Å². The quantitative estimate of drug-likeness (QED) is 0.876. The molecule has 1 fully saturated rings. The van der Waals surface area contributed by atoms with E-state index in [0.29, 0.717) is 24.0 Å². The number of carbonyl (C=O) groups is 1. The molecule has 0 aromatic carbocycles. The van der Waals surface area contributed by atoms with Gasteiger partial charge < -0.3 is 15.0 Å². The number of hydrogen-bond acceptors (Lipinski definition) is 5. The molecule has 24 heavy (non-hydrogen) atoms. The van der Waals surface area contributed by atoms with Gasteiger partial charge in [0.25, 0.3) is 5.91 Å². The lowest BCUT2D eigenvalue weighted by molar-refractivity contribution is 0.0776. The Kier molecular flexibility index (Phi) is 5.38. The maximum absolute atomic E-state index is 12.8. The van der Waals surface area contributed by atoms with Crippen LogP contribution >= 0.6 is 0 Å². The summed E-state index contributed by atoms with van der Waals surface area (Å²) in [6.45, 7) is 2.85. The van der Waals surface area contributed by atoms with Gasteiger partial charge in [-0.3, -0.25) is 9.78 Å². The number of likely N-dealkylation sites (tertiary alicyclic amines) is 1. The lowest BCUT2D eigenvalue weighted by atomic mass is 10.1. The molecule has 0 unspecified atom stereocenters. The van der Waals surface area contributed by atoms with Gasteiger partial charge in [0.05, 0.1) is 0 Å². The number of amides is 1. The number of aromatic nitrogens is 2.